The molecule has 2 fully saturated rings. The average Bonchev–Trinajstić information content (AvgIpc) is 2.37. The normalized spacial score (nSPS) is 24.9. The fraction of sp³-hybridized carbons (Fsp3) is 0.929. The van der Waals surface area contributed by atoms with Crippen LogP contribution in [0, 0.1) is 0 Å². The van der Waals surface area contributed by atoms with E-state index in [9.17, 15) is 9.35 Å². The molecule has 2 rings (SSSR count). The average molecular weight is 318 g/mol. The molecule has 0 aromatic carbocycles. The molecule has 122 valence electrons. The van der Waals surface area contributed by atoms with E-state index in [2.05, 4.69) is 0 Å². The molecule has 0 saturated carbocycles. The fourth-order valence-corrected chi connectivity index (χ4v) is 3.48. The summed E-state index contributed by atoms with van der Waals surface area (Å²) in [7, 11) is 0. The Morgan fingerprint density at radius 2 is 1.90 bits per heavy atom. The Morgan fingerprint density at radius 3 is 2.43 bits per heavy atom. The third kappa shape index (κ3) is 4.48. The first kappa shape index (κ1) is 16.9. The molecule has 0 aliphatic carbocycles. The fourth-order valence-electron chi connectivity index (χ4n) is 2.78. The predicted molar refractivity (Wildman–Crippen MR) is 81.4 cm³/mol. The van der Waals surface area contributed by atoms with Gasteiger partial charge in [-0.1, -0.05) is 0 Å². The summed E-state index contributed by atoms with van der Waals surface area (Å²) in [4.78, 5) is 13.9. The molecular formula is C14H26N2O4S. The topological polar surface area (TPSA) is 65.1 Å². The van der Waals surface area contributed by atoms with E-state index in [1.165, 1.54) is 0 Å². The highest BCUT2D eigenvalue weighted by atomic mass is 32.2. The summed E-state index contributed by atoms with van der Waals surface area (Å²) in [6, 6.07) is 0. The zero-order valence-electron chi connectivity index (χ0n) is 13.4. The van der Waals surface area contributed by atoms with Crippen LogP contribution in [0.15, 0.2) is 0 Å². The number of morpholine rings is 1. The van der Waals surface area contributed by atoms with E-state index < -0.39 is 17.0 Å². The minimum atomic E-state index is -0.931. The van der Waals surface area contributed by atoms with Crippen LogP contribution in [0.3, 0.4) is 0 Å². The van der Waals surface area contributed by atoms with Crippen molar-refractivity contribution < 1.29 is 18.8 Å². The molecule has 0 radical (unpaired) electrons. The van der Waals surface area contributed by atoms with Crippen LogP contribution >= 0.6 is 0 Å². The van der Waals surface area contributed by atoms with Gasteiger partial charge < -0.3 is 18.9 Å². The van der Waals surface area contributed by atoms with Crippen molar-refractivity contribution in [1.29, 1.82) is 0 Å². The molecule has 7 heteroatoms. The summed E-state index contributed by atoms with van der Waals surface area (Å²) in [6.07, 6.45) is 3.02. The van der Waals surface area contributed by atoms with E-state index >= 15 is 0 Å². The molecule has 2 aliphatic rings. The highest BCUT2D eigenvalue weighted by Gasteiger charge is 2.43. The highest BCUT2D eigenvalue weighted by Crippen LogP contribution is 2.31. The summed E-state index contributed by atoms with van der Waals surface area (Å²) in [6.45, 7) is 8.76. The molecule has 6 nitrogen and oxygen atoms in total. The van der Waals surface area contributed by atoms with Crippen molar-refractivity contribution in [3.05, 3.63) is 0 Å². The number of piperidine rings is 1. The molecule has 1 amide bonds. The molecule has 2 heterocycles. The van der Waals surface area contributed by atoms with Crippen LogP contribution in [0.5, 0.6) is 0 Å². The van der Waals surface area contributed by atoms with Gasteiger partial charge in [0.2, 0.25) is 0 Å². The van der Waals surface area contributed by atoms with Crippen LogP contribution in [0.2, 0.25) is 0 Å². The smallest absolute Gasteiger partial charge is 0.410 e. The SMILES string of the molecule is C[S+]([O-])N1CCC2(CC1)CN(C(=O)OC(C)(C)C)CCO2. The zero-order valence-corrected chi connectivity index (χ0v) is 14.2. The quantitative estimate of drug-likeness (QED) is 0.684. The van der Waals surface area contributed by atoms with Crippen molar-refractivity contribution in [2.45, 2.75) is 44.8 Å². The first-order chi connectivity index (χ1) is 9.71. The number of rotatable bonds is 1. The van der Waals surface area contributed by atoms with Gasteiger partial charge in [0.25, 0.3) is 0 Å². The molecule has 0 aromatic rings. The van der Waals surface area contributed by atoms with Crippen LogP contribution in [0.4, 0.5) is 4.79 Å². The Bertz CT molecular complexity index is 376. The van der Waals surface area contributed by atoms with Gasteiger partial charge in [0.1, 0.15) is 11.9 Å². The summed E-state index contributed by atoms with van der Waals surface area (Å²) in [5.74, 6) is 0. The lowest BCUT2D eigenvalue weighted by Crippen LogP contribution is -2.58. The van der Waals surface area contributed by atoms with Crippen molar-refractivity contribution >= 4 is 17.5 Å². The molecular weight excluding hydrogens is 292 g/mol. The van der Waals surface area contributed by atoms with Gasteiger partial charge in [0.05, 0.1) is 18.8 Å². The van der Waals surface area contributed by atoms with E-state index in [1.54, 1.807) is 11.2 Å². The van der Waals surface area contributed by atoms with Crippen molar-refractivity contribution in [1.82, 2.24) is 9.21 Å². The first-order valence-electron chi connectivity index (χ1n) is 7.41. The Labute approximate surface area is 130 Å². The summed E-state index contributed by atoms with van der Waals surface area (Å²) in [5.41, 5.74) is -0.782. The maximum absolute atomic E-state index is 12.2. The van der Waals surface area contributed by atoms with Gasteiger partial charge in [-0.3, -0.25) is 0 Å². The highest BCUT2D eigenvalue weighted by molar-refractivity contribution is 7.88. The van der Waals surface area contributed by atoms with E-state index in [4.69, 9.17) is 9.47 Å². The number of carbonyl (C=O) groups is 1. The third-order valence-electron chi connectivity index (χ3n) is 3.90. The molecule has 1 atom stereocenters. The van der Waals surface area contributed by atoms with E-state index in [-0.39, 0.29) is 11.7 Å². The monoisotopic (exact) mass is 318 g/mol. The van der Waals surface area contributed by atoms with Crippen LogP contribution in [-0.4, -0.2) is 70.1 Å². The minimum Gasteiger partial charge on any atom is -0.598 e. The maximum atomic E-state index is 12.2. The van der Waals surface area contributed by atoms with Crippen molar-refractivity contribution in [3.8, 4) is 0 Å². The van der Waals surface area contributed by atoms with Gasteiger partial charge in [0, 0.05) is 31.0 Å². The number of carbonyl (C=O) groups excluding carboxylic acids is 1. The van der Waals surface area contributed by atoms with E-state index in [0.717, 1.165) is 25.9 Å². The van der Waals surface area contributed by atoms with Gasteiger partial charge >= 0.3 is 6.09 Å². The maximum Gasteiger partial charge on any atom is 0.410 e. The molecule has 1 spiro atoms. The van der Waals surface area contributed by atoms with Gasteiger partial charge in [-0.15, -0.1) is 4.31 Å². The lowest BCUT2D eigenvalue weighted by molar-refractivity contribution is -0.127. The van der Waals surface area contributed by atoms with Crippen LogP contribution in [-0.2, 0) is 20.8 Å². The van der Waals surface area contributed by atoms with Crippen LogP contribution in [0.25, 0.3) is 0 Å². The Morgan fingerprint density at radius 1 is 1.29 bits per heavy atom. The molecule has 0 bridgehead atoms. The number of amides is 1. The summed E-state index contributed by atoms with van der Waals surface area (Å²) in [5, 5.41) is 0. The number of hydrogen-bond acceptors (Lipinski definition) is 5. The first-order valence-corrected chi connectivity index (χ1v) is 8.93. The van der Waals surface area contributed by atoms with Gasteiger partial charge in [-0.2, -0.15) is 0 Å². The number of ether oxygens (including phenoxy) is 2. The van der Waals surface area contributed by atoms with Crippen LogP contribution < -0.4 is 0 Å². The minimum absolute atomic E-state index is 0.272. The molecule has 21 heavy (non-hydrogen) atoms. The second-order valence-corrected chi connectivity index (χ2v) is 8.15. The van der Waals surface area contributed by atoms with E-state index in [0.29, 0.717) is 19.7 Å². The second kappa shape index (κ2) is 6.32. The van der Waals surface area contributed by atoms with E-state index in [1.807, 2.05) is 25.1 Å². The molecule has 1 unspecified atom stereocenters. The lowest BCUT2D eigenvalue weighted by atomic mass is 9.90. The summed E-state index contributed by atoms with van der Waals surface area (Å²) < 4.78 is 24.9. The summed E-state index contributed by atoms with van der Waals surface area (Å²) >= 11 is -0.931. The molecule has 0 N–H and O–H groups in total. The Balaban J connectivity index is 1.93. The number of hydrogen-bond donors (Lipinski definition) is 0. The van der Waals surface area contributed by atoms with Crippen LogP contribution in [0.1, 0.15) is 33.6 Å². The molecule has 2 aliphatic heterocycles. The van der Waals surface area contributed by atoms with Crippen molar-refractivity contribution in [3.63, 3.8) is 0 Å². The zero-order chi connectivity index (χ0) is 15.7. The largest absolute Gasteiger partial charge is 0.598 e. The Kier molecular flexibility index (Phi) is 5.07. The standard InChI is InChI=1S/C14H26N2O4S/c1-13(2,3)20-12(17)15-9-10-19-14(11-15)5-7-16(8-6-14)21(4)18/h5-11H2,1-4H3. The number of nitrogens with zero attached hydrogens (tertiary/aromatic N) is 2. The van der Waals surface area contributed by atoms with Gasteiger partial charge in [-0.05, 0) is 33.6 Å². The van der Waals surface area contributed by atoms with Gasteiger partial charge in [0.15, 0.2) is 0 Å². The molecule has 0 aromatic heterocycles. The predicted octanol–water partition coefficient (Wildman–Crippen LogP) is 1.38. The Hall–Kier alpha value is -0.500. The lowest BCUT2D eigenvalue weighted by Gasteiger charge is -2.46. The van der Waals surface area contributed by atoms with Crippen molar-refractivity contribution in [2.75, 3.05) is 39.0 Å². The molecule has 2 saturated heterocycles. The van der Waals surface area contributed by atoms with Crippen molar-refractivity contribution in [2.24, 2.45) is 0 Å². The van der Waals surface area contributed by atoms with Gasteiger partial charge in [-0.25, -0.2) is 4.79 Å². The second-order valence-electron chi connectivity index (χ2n) is 6.79. The third-order valence-corrected chi connectivity index (χ3v) is 4.99.